The Labute approximate surface area is 195 Å². The monoisotopic (exact) mass is 470 g/mol. The highest BCUT2D eigenvalue weighted by molar-refractivity contribution is 7.16. The fourth-order valence-electron chi connectivity index (χ4n) is 4.55. The van der Waals surface area contributed by atoms with Gasteiger partial charge in [0.2, 0.25) is 5.95 Å². The molecule has 3 aromatic rings. The minimum atomic E-state index is -0.768. The lowest BCUT2D eigenvalue weighted by Gasteiger charge is -2.40. The van der Waals surface area contributed by atoms with E-state index in [1.54, 1.807) is 5.51 Å². The van der Waals surface area contributed by atoms with Gasteiger partial charge in [-0.2, -0.15) is 4.98 Å². The zero-order valence-corrected chi connectivity index (χ0v) is 19.5. The van der Waals surface area contributed by atoms with E-state index in [9.17, 15) is 9.18 Å². The highest BCUT2D eigenvalue weighted by Gasteiger charge is 2.30. The highest BCUT2D eigenvalue weighted by atomic mass is 32.1. The van der Waals surface area contributed by atoms with E-state index in [2.05, 4.69) is 32.1 Å². The number of nitrogens with one attached hydrogen (secondary N) is 1. The van der Waals surface area contributed by atoms with E-state index in [0.717, 1.165) is 39.6 Å². The zero-order valence-electron chi connectivity index (χ0n) is 18.7. The number of amides is 2. The van der Waals surface area contributed by atoms with Gasteiger partial charge in [-0.25, -0.2) is 19.2 Å². The summed E-state index contributed by atoms with van der Waals surface area (Å²) in [6.45, 7) is 6.89. The Balaban J connectivity index is 1.25. The van der Waals surface area contributed by atoms with Gasteiger partial charge in [0.15, 0.2) is 10.6 Å². The summed E-state index contributed by atoms with van der Waals surface area (Å²) >= 11 is 1.43. The van der Waals surface area contributed by atoms with Crippen LogP contribution in [0.15, 0.2) is 23.7 Å². The van der Waals surface area contributed by atoms with E-state index in [1.165, 1.54) is 11.3 Å². The molecule has 0 radical (unpaired) electrons. The smallest absolute Gasteiger partial charge is 0.321 e. The number of fused-ring (bicyclic) bond motifs is 1. The van der Waals surface area contributed by atoms with Crippen molar-refractivity contribution in [1.82, 2.24) is 19.9 Å². The van der Waals surface area contributed by atoms with Crippen molar-refractivity contribution in [1.29, 1.82) is 0 Å². The van der Waals surface area contributed by atoms with E-state index < -0.39 is 6.17 Å². The van der Waals surface area contributed by atoms with Gasteiger partial charge in [-0.15, -0.1) is 11.3 Å². The van der Waals surface area contributed by atoms with Crippen molar-refractivity contribution in [3.63, 3.8) is 0 Å². The van der Waals surface area contributed by atoms with Crippen molar-refractivity contribution in [2.45, 2.75) is 32.5 Å². The summed E-state index contributed by atoms with van der Waals surface area (Å²) in [5, 5.41) is 3.04. The Bertz CT molecular complexity index is 1190. The van der Waals surface area contributed by atoms with Crippen LogP contribution in [0.1, 0.15) is 18.9 Å². The number of urea groups is 1. The van der Waals surface area contributed by atoms with Crippen molar-refractivity contribution in [3.8, 4) is 0 Å². The summed E-state index contributed by atoms with van der Waals surface area (Å²) in [7, 11) is 0. The van der Waals surface area contributed by atoms with E-state index >= 15 is 0 Å². The number of carbonyl (C=O) groups is 1. The molecule has 2 aliphatic heterocycles. The van der Waals surface area contributed by atoms with Gasteiger partial charge in [-0.3, -0.25) is 0 Å². The van der Waals surface area contributed by atoms with E-state index in [1.807, 2.05) is 34.9 Å². The van der Waals surface area contributed by atoms with Crippen LogP contribution in [0.4, 0.5) is 32.3 Å². The third-order valence-electron chi connectivity index (χ3n) is 6.33. The lowest BCUT2D eigenvalue weighted by atomic mass is 10.1. The molecule has 2 amide bonds. The van der Waals surface area contributed by atoms with Gasteiger partial charge in [0, 0.05) is 50.1 Å². The number of piperazine rings is 1. The number of nitrogen functional groups attached to an aromatic ring is 1. The van der Waals surface area contributed by atoms with Crippen molar-refractivity contribution in [2.75, 3.05) is 53.6 Å². The SMILES string of the molecule is Cc1cc(N2CC[C@H](F)C2)ccc1NC(=O)N1CCN(c2nc(N)nc3scnc23)C(C)C1. The van der Waals surface area contributed by atoms with E-state index in [-0.39, 0.29) is 18.0 Å². The van der Waals surface area contributed by atoms with E-state index in [0.29, 0.717) is 32.6 Å². The predicted molar refractivity (Wildman–Crippen MR) is 130 cm³/mol. The number of nitrogens with two attached hydrogens (primary N) is 1. The Kier molecular flexibility index (Phi) is 5.65. The van der Waals surface area contributed by atoms with Crippen molar-refractivity contribution < 1.29 is 9.18 Å². The fourth-order valence-corrected chi connectivity index (χ4v) is 5.21. The summed E-state index contributed by atoms with van der Waals surface area (Å²) in [6.07, 6.45) is -0.201. The fraction of sp³-hybridized carbons (Fsp3) is 0.455. The van der Waals surface area contributed by atoms with Crippen LogP contribution in [0.2, 0.25) is 0 Å². The van der Waals surface area contributed by atoms with Gasteiger partial charge in [0.05, 0.1) is 5.51 Å². The number of anilines is 4. The van der Waals surface area contributed by atoms with Crippen LogP contribution in [0.25, 0.3) is 10.3 Å². The average Bonchev–Trinajstić information content (AvgIpc) is 3.43. The van der Waals surface area contributed by atoms with Crippen LogP contribution >= 0.6 is 11.3 Å². The van der Waals surface area contributed by atoms with Crippen molar-refractivity contribution >= 4 is 50.9 Å². The number of hydrogen-bond donors (Lipinski definition) is 2. The highest BCUT2D eigenvalue weighted by Crippen LogP contribution is 2.30. The summed E-state index contributed by atoms with van der Waals surface area (Å²) in [6, 6.07) is 5.75. The molecule has 5 rings (SSSR count). The number of carbonyl (C=O) groups excluding carboxylic acids is 1. The molecular weight excluding hydrogens is 443 g/mol. The molecule has 1 unspecified atom stereocenters. The first-order valence-corrected chi connectivity index (χ1v) is 12.0. The van der Waals surface area contributed by atoms with Crippen LogP contribution in [-0.4, -0.2) is 70.8 Å². The van der Waals surface area contributed by atoms with Crippen molar-refractivity contribution in [2.24, 2.45) is 0 Å². The molecule has 2 fully saturated rings. The summed E-state index contributed by atoms with van der Waals surface area (Å²) < 4.78 is 13.5. The second-order valence-corrected chi connectivity index (χ2v) is 9.49. The third-order valence-corrected chi connectivity index (χ3v) is 7.05. The molecule has 33 heavy (non-hydrogen) atoms. The second kappa shape index (κ2) is 8.62. The summed E-state index contributed by atoms with van der Waals surface area (Å²) in [5.41, 5.74) is 11.1. The molecule has 4 heterocycles. The topological polar surface area (TPSA) is 104 Å². The maximum atomic E-state index is 13.5. The molecular formula is C22H27FN8OS. The molecule has 174 valence electrons. The van der Waals surface area contributed by atoms with Crippen LogP contribution in [0.3, 0.4) is 0 Å². The Morgan fingerprint density at radius 3 is 2.82 bits per heavy atom. The number of nitrogens with zero attached hydrogens (tertiary/aromatic N) is 6. The Hall–Kier alpha value is -3.21. The number of benzene rings is 1. The van der Waals surface area contributed by atoms with Gasteiger partial charge >= 0.3 is 6.03 Å². The van der Waals surface area contributed by atoms with Crippen LogP contribution in [0.5, 0.6) is 0 Å². The second-order valence-electron chi connectivity index (χ2n) is 8.66. The number of alkyl halides is 1. The van der Waals surface area contributed by atoms with Gasteiger partial charge in [-0.1, -0.05) is 0 Å². The number of rotatable bonds is 3. The molecule has 0 aliphatic carbocycles. The molecule has 2 aromatic heterocycles. The van der Waals surface area contributed by atoms with Crippen molar-refractivity contribution in [3.05, 3.63) is 29.3 Å². The summed E-state index contributed by atoms with van der Waals surface area (Å²) in [5.74, 6) is 0.944. The first kappa shape index (κ1) is 21.6. The number of thiazole rings is 1. The normalized spacial score (nSPS) is 21.1. The lowest BCUT2D eigenvalue weighted by molar-refractivity contribution is 0.200. The quantitative estimate of drug-likeness (QED) is 0.605. The minimum absolute atomic E-state index is 0.0379. The predicted octanol–water partition coefficient (Wildman–Crippen LogP) is 3.27. The zero-order chi connectivity index (χ0) is 23.1. The molecule has 0 bridgehead atoms. The molecule has 2 saturated heterocycles. The van der Waals surface area contributed by atoms with Gasteiger partial charge in [-0.05, 0) is 44.0 Å². The Morgan fingerprint density at radius 2 is 2.09 bits per heavy atom. The van der Waals surface area contributed by atoms with Crippen LogP contribution in [0, 0.1) is 6.92 Å². The standard InChI is InChI=1S/C22H27FN8OS/c1-13-9-16(29-6-5-15(23)11-29)3-4-17(13)26-22(32)30-7-8-31(14(2)10-30)19-18-20(33-12-25-18)28-21(24)27-19/h3-4,9,12,14-15H,5-8,10-11H2,1-2H3,(H,26,32)(H2,24,27,28)/t14?,15-/m0/s1. The first-order valence-electron chi connectivity index (χ1n) is 11.1. The number of halogens is 1. The first-order chi connectivity index (χ1) is 15.9. The molecule has 0 saturated carbocycles. The molecule has 2 aliphatic rings. The maximum Gasteiger partial charge on any atom is 0.321 e. The largest absolute Gasteiger partial charge is 0.368 e. The molecule has 1 aromatic carbocycles. The number of hydrogen-bond acceptors (Lipinski definition) is 8. The summed E-state index contributed by atoms with van der Waals surface area (Å²) in [4.78, 5) is 32.8. The minimum Gasteiger partial charge on any atom is -0.368 e. The van der Waals surface area contributed by atoms with Crippen LogP contribution < -0.4 is 20.9 Å². The lowest BCUT2D eigenvalue weighted by Crippen LogP contribution is -2.55. The average molecular weight is 471 g/mol. The van der Waals surface area contributed by atoms with Gasteiger partial charge in [0.25, 0.3) is 0 Å². The molecule has 2 atom stereocenters. The number of aryl methyl sites for hydroxylation is 1. The maximum absolute atomic E-state index is 13.5. The number of aromatic nitrogens is 3. The Morgan fingerprint density at radius 1 is 1.24 bits per heavy atom. The molecule has 9 nitrogen and oxygen atoms in total. The van der Waals surface area contributed by atoms with Crippen LogP contribution in [-0.2, 0) is 0 Å². The van der Waals surface area contributed by atoms with E-state index in [4.69, 9.17) is 5.73 Å². The molecule has 11 heteroatoms. The molecule has 0 spiro atoms. The molecule has 3 N–H and O–H groups in total. The van der Waals surface area contributed by atoms with Gasteiger partial charge in [0.1, 0.15) is 11.7 Å². The van der Waals surface area contributed by atoms with Gasteiger partial charge < -0.3 is 25.8 Å². The third kappa shape index (κ3) is 4.24.